The molecule has 22 heavy (non-hydrogen) atoms. The second-order valence-corrected chi connectivity index (χ2v) is 6.21. The van der Waals surface area contributed by atoms with E-state index in [9.17, 15) is 0 Å². The second-order valence-electron chi connectivity index (χ2n) is 5.51. The Kier molecular flexibility index (Phi) is 11.2. The zero-order valence-corrected chi connectivity index (χ0v) is 15.4. The maximum atomic E-state index is 3.31. The molecule has 0 amide bonds. The monoisotopic (exact) mass is 323 g/mol. The number of para-hydroxylation sites is 1. The number of rotatable bonds is 13. The van der Waals surface area contributed by atoms with Crippen molar-refractivity contribution in [3.63, 3.8) is 0 Å². The first-order valence-corrected chi connectivity index (χ1v) is 9.82. The molecule has 0 bridgehead atoms. The van der Waals surface area contributed by atoms with E-state index in [0.29, 0.717) is 0 Å². The van der Waals surface area contributed by atoms with Gasteiger partial charge < -0.3 is 9.80 Å². The highest BCUT2D eigenvalue weighted by Crippen LogP contribution is 2.12. The lowest BCUT2D eigenvalue weighted by molar-refractivity contribution is 0.286. The molecule has 0 aliphatic rings. The molecule has 4 heteroatoms. The van der Waals surface area contributed by atoms with Crippen molar-refractivity contribution in [3.05, 3.63) is 30.3 Å². The normalized spacial score (nSPS) is 11.1. The van der Waals surface area contributed by atoms with Crippen LogP contribution < -0.4 is 9.62 Å². The Morgan fingerprint density at radius 2 is 1.68 bits per heavy atom. The third kappa shape index (κ3) is 8.06. The van der Waals surface area contributed by atoms with Crippen LogP contribution in [-0.2, 0) is 0 Å². The predicted molar refractivity (Wildman–Crippen MR) is 102 cm³/mol. The molecule has 1 rings (SSSR count). The molecule has 0 aliphatic carbocycles. The Bertz CT molecular complexity index is 359. The maximum absolute atomic E-state index is 3.31. The van der Waals surface area contributed by atoms with Crippen LogP contribution in [0.4, 0.5) is 5.69 Å². The first kappa shape index (κ1) is 19.3. The molecule has 0 atom stereocenters. The Morgan fingerprint density at radius 3 is 2.32 bits per heavy atom. The second kappa shape index (κ2) is 12.8. The minimum Gasteiger partial charge on any atom is -0.371 e. The summed E-state index contributed by atoms with van der Waals surface area (Å²) in [4.78, 5) is 5.04. The number of nitrogens with zero attached hydrogens (tertiary/aromatic N) is 2. The molecule has 1 aromatic carbocycles. The number of likely N-dealkylation sites (N-methyl/N-ethyl adjacent to an activating group) is 2. The summed E-state index contributed by atoms with van der Waals surface area (Å²) >= 11 is 1.72. The molecule has 0 aliphatic heterocycles. The molecule has 0 saturated carbocycles. The molecule has 0 fully saturated rings. The molecule has 0 radical (unpaired) electrons. The van der Waals surface area contributed by atoms with Crippen LogP contribution in [0.3, 0.4) is 0 Å². The van der Waals surface area contributed by atoms with E-state index in [4.69, 9.17) is 0 Å². The molecule has 1 N–H and O–H groups in total. The average molecular weight is 324 g/mol. The number of hydrogen-bond acceptors (Lipinski definition) is 4. The fourth-order valence-corrected chi connectivity index (χ4v) is 2.96. The van der Waals surface area contributed by atoms with E-state index in [2.05, 4.69) is 65.0 Å². The minimum absolute atomic E-state index is 1.07. The molecular formula is C18H33N3S. The molecule has 0 spiro atoms. The maximum Gasteiger partial charge on any atom is 0.0366 e. The van der Waals surface area contributed by atoms with Crippen molar-refractivity contribution in [1.29, 1.82) is 0 Å². The lowest BCUT2D eigenvalue weighted by atomic mass is 10.2. The van der Waals surface area contributed by atoms with Crippen molar-refractivity contribution in [1.82, 2.24) is 9.62 Å². The van der Waals surface area contributed by atoms with Crippen LogP contribution in [0.5, 0.6) is 0 Å². The van der Waals surface area contributed by atoms with Gasteiger partial charge in [-0.25, -0.2) is 0 Å². The fourth-order valence-electron chi connectivity index (χ4n) is 2.61. The van der Waals surface area contributed by atoms with Crippen LogP contribution in [0.2, 0.25) is 0 Å². The highest BCUT2D eigenvalue weighted by atomic mass is 32.2. The highest BCUT2D eigenvalue weighted by molar-refractivity contribution is 7.96. The Hall–Kier alpha value is -0.710. The summed E-state index contributed by atoms with van der Waals surface area (Å²) in [7, 11) is 0. The highest BCUT2D eigenvalue weighted by Gasteiger charge is 2.07. The van der Waals surface area contributed by atoms with Crippen molar-refractivity contribution in [2.24, 2.45) is 0 Å². The van der Waals surface area contributed by atoms with Crippen molar-refractivity contribution in [3.8, 4) is 0 Å². The lowest BCUT2D eigenvalue weighted by Crippen LogP contribution is -2.35. The summed E-state index contributed by atoms with van der Waals surface area (Å²) in [5, 5.41) is 0. The summed E-state index contributed by atoms with van der Waals surface area (Å²) < 4.78 is 3.31. The quantitative estimate of drug-likeness (QED) is 0.438. The third-order valence-electron chi connectivity index (χ3n) is 4.03. The largest absolute Gasteiger partial charge is 0.371 e. The lowest BCUT2D eigenvalue weighted by Gasteiger charge is -2.27. The van der Waals surface area contributed by atoms with Gasteiger partial charge in [0.25, 0.3) is 0 Å². The summed E-state index contributed by atoms with van der Waals surface area (Å²) in [6, 6.07) is 10.7. The SMILES string of the molecule is CCN(CCCCCNSC)CCN(CC)c1ccccc1. The fraction of sp³-hybridized carbons (Fsp3) is 0.667. The van der Waals surface area contributed by atoms with Gasteiger partial charge in [0.15, 0.2) is 0 Å². The van der Waals surface area contributed by atoms with Gasteiger partial charge in [-0.15, -0.1) is 0 Å². The van der Waals surface area contributed by atoms with Gasteiger partial charge in [0.1, 0.15) is 0 Å². The van der Waals surface area contributed by atoms with Crippen molar-refractivity contribution in [2.45, 2.75) is 33.1 Å². The van der Waals surface area contributed by atoms with Crippen molar-refractivity contribution < 1.29 is 0 Å². The van der Waals surface area contributed by atoms with Gasteiger partial charge >= 0.3 is 0 Å². The molecule has 0 unspecified atom stereocenters. The summed E-state index contributed by atoms with van der Waals surface area (Å²) in [5.74, 6) is 0. The van der Waals surface area contributed by atoms with E-state index in [-0.39, 0.29) is 0 Å². The van der Waals surface area contributed by atoms with Crippen LogP contribution in [-0.4, -0.2) is 50.4 Å². The van der Waals surface area contributed by atoms with Crippen molar-refractivity contribution >= 4 is 17.6 Å². The smallest absolute Gasteiger partial charge is 0.0366 e. The molecule has 0 aromatic heterocycles. The van der Waals surface area contributed by atoms with E-state index < -0.39 is 0 Å². The zero-order chi connectivity index (χ0) is 16.0. The number of unbranched alkanes of at least 4 members (excludes halogenated alkanes) is 2. The summed E-state index contributed by atoms with van der Waals surface area (Å²) in [6.45, 7) is 11.4. The summed E-state index contributed by atoms with van der Waals surface area (Å²) in [6.07, 6.45) is 6.00. The van der Waals surface area contributed by atoms with E-state index in [1.54, 1.807) is 11.9 Å². The number of nitrogens with one attached hydrogen (secondary N) is 1. The van der Waals surface area contributed by atoms with Gasteiger partial charge in [0.05, 0.1) is 0 Å². The molecule has 126 valence electrons. The Balaban J connectivity index is 2.24. The van der Waals surface area contributed by atoms with E-state index in [1.807, 2.05) is 0 Å². The molecule has 0 saturated heterocycles. The summed E-state index contributed by atoms with van der Waals surface area (Å²) in [5.41, 5.74) is 1.34. The molecule has 1 aromatic rings. The van der Waals surface area contributed by atoms with Crippen LogP contribution in [0.15, 0.2) is 30.3 Å². The van der Waals surface area contributed by atoms with Gasteiger partial charge in [0.2, 0.25) is 0 Å². The zero-order valence-electron chi connectivity index (χ0n) is 14.6. The number of hydrogen-bond donors (Lipinski definition) is 1. The Morgan fingerprint density at radius 1 is 0.909 bits per heavy atom. The van der Waals surface area contributed by atoms with Crippen LogP contribution in [0, 0.1) is 0 Å². The van der Waals surface area contributed by atoms with E-state index >= 15 is 0 Å². The molecule has 0 heterocycles. The van der Waals surface area contributed by atoms with Crippen LogP contribution in [0.1, 0.15) is 33.1 Å². The standard InChI is InChI=1S/C18H33N3S/c1-4-20(15-11-7-10-14-19-22-3)16-17-21(5-2)18-12-8-6-9-13-18/h6,8-9,12-13,19H,4-5,7,10-11,14-17H2,1-3H3. The molecular weight excluding hydrogens is 290 g/mol. The van der Waals surface area contributed by atoms with Gasteiger partial charge in [-0.1, -0.05) is 43.5 Å². The first-order valence-electron chi connectivity index (χ1n) is 8.60. The third-order valence-corrected chi connectivity index (χ3v) is 4.53. The predicted octanol–water partition coefficient (Wildman–Crippen LogP) is 3.87. The van der Waals surface area contributed by atoms with Crippen LogP contribution >= 0.6 is 11.9 Å². The van der Waals surface area contributed by atoms with E-state index in [1.165, 1.54) is 31.5 Å². The first-order chi connectivity index (χ1) is 10.8. The Labute approximate surface area is 141 Å². The topological polar surface area (TPSA) is 18.5 Å². The van der Waals surface area contributed by atoms with Crippen LogP contribution in [0.25, 0.3) is 0 Å². The average Bonchev–Trinajstić information content (AvgIpc) is 2.57. The van der Waals surface area contributed by atoms with Crippen molar-refractivity contribution in [2.75, 3.05) is 50.4 Å². The van der Waals surface area contributed by atoms with Gasteiger partial charge in [-0.05, 0) is 51.2 Å². The molecule has 3 nitrogen and oxygen atoms in total. The number of anilines is 1. The van der Waals surface area contributed by atoms with E-state index in [0.717, 1.165) is 32.7 Å². The van der Waals surface area contributed by atoms with Gasteiger partial charge in [-0.3, -0.25) is 4.72 Å². The van der Waals surface area contributed by atoms with Gasteiger partial charge in [-0.2, -0.15) is 0 Å². The number of benzene rings is 1. The van der Waals surface area contributed by atoms with Gasteiger partial charge in [0, 0.05) is 31.9 Å². The minimum atomic E-state index is 1.07.